The monoisotopic (exact) mass is 263 g/mol. The molecule has 0 aliphatic heterocycles. The molecule has 1 N–H and O–H groups in total. The van der Waals surface area contributed by atoms with Crippen molar-refractivity contribution in [3.8, 4) is 0 Å². The Morgan fingerprint density at radius 3 is 2.63 bits per heavy atom. The van der Waals surface area contributed by atoms with Gasteiger partial charge in [0.15, 0.2) is 0 Å². The van der Waals surface area contributed by atoms with Gasteiger partial charge in [-0.05, 0) is 24.8 Å². The Morgan fingerprint density at radius 1 is 1.42 bits per heavy atom. The Labute approximate surface area is 115 Å². The van der Waals surface area contributed by atoms with Crippen LogP contribution < -0.4 is 5.32 Å². The molecule has 1 amide bonds. The maximum atomic E-state index is 12.2. The molecule has 19 heavy (non-hydrogen) atoms. The van der Waals surface area contributed by atoms with Gasteiger partial charge in [-0.25, -0.2) is 0 Å². The second-order valence-corrected chi connectivity index (χ2v) is 7.56. The number of hydrogen-bond acceptors (Lipinski definition) is 2. The molecule has 3 nitrogen and oxygen atoms in total. The summed E-state index contributed by atoms with van der Waals surface area (Å²) in [5.41, 5.74) is 0.961. The first kappa shape index (κ1) is 14.2. The van der Waals surface area contributed by atoms with Crippen molar-refractivity contribution in [3.63, 3.8) is 0 Å². The third-order valence-electron chi connectivity index (χ3n) is 3.72. The molecule has 1 aromatic heterocycles. The Hall–Kier alpha value is -1.25. The van der Waals surface area contributed by atoms with E-state index in [9.17, 15) is 4.79 Å². The number of fused-ring (bicyclic) bond motifs is 1. The average molecular weight is 263 g/mol. The SMILES string of the molecule is Cc1cc2c(o1)CC(C)(C)CC2NC(=O)C(C)(C)C. The van der Waals surface area contributed by atoms with Crippen LogP contribution in [-0.4, -0.2) is 5.91 Å². The smallest absolute Gasteiger partial charge is 0.225 e. The summed E-state index contributed by atoms with van der Waals surface area (Å²) in [6.07, 6.45) is 1.90. The first-order valence-electron chi connectivity index (χ1n) is 6.99. The van der Waals surface area contributed by atoms with E-state index in [0.29, 0.717) is 0 Å². The van der Waals surface area contributed by atoms with Gasteiger partial charge in [-0.3, -0.25) is 4.79 Å². The summed E-state index contributed by atoms with van der Waals surface area (Å²) < 4.78 is 5.79. The minimum atomic E-state index is -0.361. The van der Waals surface area contributed by atoms with E-state index >= 15 is 0 Å². The molecule has 3 heteroatoms. The van der Waals surface area contributed by atoms with Crippen LogP contribution in [0.4, 0.5) is 0 Å². The molecule has 0 bridgehead atoms. The zero-order chi connectivity index (χ0) is 14.4. The van der Waals surface area contributed by atoms with Gasteiger partial charge < -0.3 is 9.73 Å². The standard InChI is InChI=1S/C16H25NO2/c1-10-7-11-12(17-14(18)15(2,3)4)8-16(5,6)9-13(11)19-10/h7,12H,8-9H2,1-6H3,(H,17,18). The topological polar surface area (TPSA) is 42.2 Å². The highest BCUT2D eigenvalue weighted by molar-refractivity contribution is 5.81. The van der Waals surface area contributed by atoms with Crippen LogP contribution in [0.25, 0.3) is 0 Å². The summed E-state index contributed by atoms with van der Waals surface area (Å²) in [6.45, 7) is 12.2. The minimum absolute atomic E-state index is 0.0722. The van der Waals surface area contributed by atoms with Crippen molar-refractivity contribution in [2.75, 3.05) is 0 Å². The number of rotatable bonds is 1. The van der Waals surface area contributed by atoms with Crippen LogP contribution >= 0.6 is 0 Å². The Kier molecular flexibility index (Phi) is 3.28. The Balaban J connectivity index is 2.28. The Bertz CT molecular complexity index is 491. The van der Waals surface area contributed by atoms with E-state index in [1.165, 1.54) is 0 Å². The quantitative estimate of drug-likeness (QED) is 0.838. The molecule has 1 aliphatic rings. The zero-order valence-corrected chi connectivity index (χ0v) is 12.9. The van der Waals surface area contributed by atoms with Crippen molar-refractivity contribution in [1.29, 1.82) is 0 Å². The lowest BCUT2D eigenvalue weighted by atomic mass is 9.74. The van der Waals surface area contributed by atoms with Crippen LogP contribution in [0.2, 0.25) is 0 Å². The van der Waals surface area contributed by atoms with Gasteiger partial charge in [0.2, 0.25) is 5.91 Å². The lowest BCUT2D eigenvalue weighted by Gasteiger charge is -2.35. The molecule has 0 saturated carbocycles. The number of carbonyl (C=O) groups excluding carboxylic acids is 1. The molecular formula is C16H25NO2. The van der Waals surface area contributed by atoms with Crippen LogP contribution in [0.15, 0.2) is 10.5 Å². The highest BCUT2D eigenvalue weighted by Crippen LogP contribution is 2.42. The molecule has 2 rings (SSSR count). The van der Waals surface area contributed by atoms with E-state index < -0.39 is 0 Å². The van der Waals surface area contributed by atoms with Crippen LogP contribution in [0.1, 0.15) is 64.2 Å². The summed E-state index contributed by atoms with van der Waals surface area (Å²) in [6, 6.07) is 2.14. The summed E-state index contributed by atoms with van der Waals surface area (Å²) in [4.78, 5) is 12.2. The Morgan fingerprint density at radius 2 is 2.05 bits per heavy atom. The first-order valence-corrected chi connectivity index (χ1v) is 6.99. The largest absolute Gasteiger partial charge is 0.466 e. The highest BCUT2D eigenvalue weighted by atomic mass is 16.3. The maximum Gasteiger partial charge on any atom is 0.225 e. The van der Waals surface area contributed by atoms with E-state index in [2.05, 4.69) is 25.2 Å². The van der Waals surface area contributed by atoms with Crippen molar-refractivity contribution in [3.05, 3.63) is 23.2 Å². The van der Waals surface area contributed by atoms with E-state index in [1.807, 2.05) is 27.7 Å². The van der Waals surface area contributed by atoms with Crippen LogP contribution in [0, 0.1) is 17.8 Å². The van der Waals surface area contributed by atoms with Crippen LogP contribution in [0.3, 0.4) is 0 Å². The minimum Gasteiger partial charge on any atom is -0.466 e. The fourth-order valence-electron chi connectivity index (χ4n) is 2.69. The van der Waals surface area contributed by atoms with E-state index in [1.54, 1.807) is 0 Å². The van der Waals surface area contributed by atoms with Crippen molar-refractivity contribution in [1.82, 2.24) is 5.32 Å². The molecular weight excluding hydrogens is 238 g/mol. The second-order valence-electron chi connectivity index (χ2n) is 7.56. The van der Waals surface area contributed by atoms with E-state index in [-0.39, 0.29) is 22.8 Å². The van der Waals surface area contributed by atoms with Gasteiger partial charge in [-0.2, -0.15) is 0 Å². The zero-order valence-electron chi connectivity index (χ0n) is 12.9. The average Bonchev–Trinajstić information content (AvgIpc) is 2.55. The fraction of sp³-hybridized carbons (Fsp3) is 0.688. The van der Waals surface area contributed by atoms with Gasteiger partial charge in [-0.15, -0.1) is 0 Å². The van der Waals surface area contributed by atoms with E-state index in [4.69, 9.17) is 4.42 Å². The number of hydrogen-bond donors (Lipinski definition) is 1. The van der Waals surface area contributed by atoms with Crippen molar-refractivity contribution in [2.24, 2.45) is 10.8 Å². The third-order valence-corrected chi connectivity index (χ3v) is 3.72. The fourth-order valence-corrected chi connectivity index (χ4v) is 2.69. The van der Waals surface area contributed by atoms with Gasteiger partial charge in [0.1, 0.15) is 11.5 Å². The number of carbonyl (C=O) groups is 1. The highest BCUT2D eigenvalue weighted by Gasteiger charge is 2.36. The maximum absolute atomic E-state index is 12.2. The van der Waals surface area contributed by atoms with Gasteiger partial charge in [-0.1, -0.05) is 34.6 Å². The summed E-state index contributed by atoms with van der Waals surface area (Å²) in [7, 11) is 0. The van der Waals surface area contributed by atoms with Crippen LogP contribution in [0.5, 0.6) is 0 Å². The van der Waals surface area contributed by atoms with Crippen LogP contribution in [-0.2, 0) is 11.2 Å². The molecule has 1 atom stereocenters. The number of nitrogens with one attached hydrogen (secondary N) is 1. The molecule has 106 valence electrons. The molecule has 0 radical (unpaired) electrons. The normalized spacial score (nSPS) is 21.9. The molecule has 0 aromatic carbocycles. The first-order chi connectivity index (χ1) is 8.58. The summed E-state index contributed by atoms with van der Waals surface area (Å²) >= 11 is 0. The number of aryl methyl sites for hydroxylation is 1. The van der Waals surface area contributed by atoms with Gasteiger partial charge in [0, 0.05) is 17.4 Å². The van der Waals surface area contributed by atoms with Crippen molar-refractivity contribution in [2.45, 2.75) is 60.4 Å². The van der Waals surface area contributed by atoms with Gasteiger partial charge in [0.25, 0.3) is 0 Å². The second kappa shape index (κ2) is 4.39. The van der Waals surface area contributed by atoms with Crippen molar-refractivity contribution < 1.29 is 9.21 Å². The lowest BCUT2D eigenvalue weighted by Crippen LogP contribution is -2.41. The summed E-state index contributed by atoms with van der Waals surface area (Å²) in [5, 5.41) is 3.19. The predicted octanol–water partition coefficient (Wildman–Crippen LogP) is 3.76. The van der Waals surface area contributed by atoms with E-state index in [0.717, 1.165) is 29.9 Å². The molecule has 1 unspecified atom stereocenters. The van der Waals surface area contributed by atoms with Crippen molar-refractivity contribution >= 4 is 5.91 Å². The third kappa shape index (κ3) is 3.02. The van der Waals surface area contributed by atoms with Gasteiger partial charge in [0.05, 0.1) is 6.04 Å². The molecule has 0 spiro atoms. The molecule has 1 aliphatic carbocycles. The lowest BCUT2D eigenvalue weighted by molar-refractivity contribution is -0.129. The molecule has 1 aromatic rings. The molecule has 0 fully saturated rings. The molecule has 1 heterocycles. The number of furan rings is 1. The number of amides is 1. The summed E-state index contributed by atoms with van der Waals surface area (Å²) in [5.74, 6) is 2.06. The van der Waals surface area contributed by atoms with Gasteiger partial charge >= 0.3 is 0 Å². The molecule has 0 saturated heterocycles. The predicted molar refractivity (Wildman–Crippen MR) is 75.9 cm³/mol.